The van der Waals surface area contributed by atoms with E-state index in [-0.39, 0.29) is 12.2 Å². The van der Waals surface area contributed by atoms with Gasteiger partial charge in [-0.05, 0) is 24.1 Å². The molecular formula is C11H12N4O4. The highest BCUT2D eigenvalue weighted by Gasteiger charge is 2.54. The quantitative estimate of drug-likeness (QED) is 0.610. The molecule has 1 aromatic rings. The number of primary amides is 1. The number of urea groups is 1. The fraction of sp³-hybridized carbons (Fsp3) is 0.273. The van der Waals surface area contributed by atoms with Crippen molar-refractivity contribution >= 4 is 23.7 Å². The van der Waals surface area contributed by atoms with Gasteiger partial charge in [0.2, 0.25) is 5.91 Å². The van der Waals surface area contributed by atoms with Crippen LogP contribution < -0.4 is 11.5 Å². The fourth-order valence-electron chi connectivity index (χ4n) is 2.15. The van der Waals surface area contributed by atoms with E-state index < -0.39 is 29.9 Å². The molecule has 1 fully saturated rings. The van der Waals surface area contributed by atoms with Crippen LogP contribution in [0.4, 0.5) is 10.6 Å². The number of carbonyl (C=O) groups is 3. The van der Waals surface area contributed by atoms with E-state index >= 15 is 0 Å². The summed E-state index contributed by atoms with van der Waals surface area (Å²) in [5.74, 6) is -2.38. The van der Waals surface area contributed by atoms with Crippen LogP contribution in [-0.2, 0) is 16.0 Å². The number of nitrogen functional groups attached to an aromatic ring is 1. The van der Waals surface area contributed by atoms with Crippen molar-refractivity contribution in [2.75, 3.05) is 5.73 Å². The Hall–Kier alpha value is -2.64. The van der Waals surface area contributed by atoms with Crippen molar-refractivity contribution in [3.8, 4) is 0 Å². The zero-order chi connectivity index (χ0) is 14.2. The molecule has 0 saturated carbocycles. The molecule has 0 spiro atoms. The molecule has 0 unspecified atom stereocenters. The van der Waals surface area contributed by atoms with Gasteiger partial charge in [-0.15, -0.1) is 0 Å². The third-order valence-electron chi connectivity index (χ3n) is 3.01. The average Bonchev–Trinajstić information content (AvgIpc) is 2.31. The van der Waals surface area contributed by atoms with Crippen LogP contribution in [0.15, 0.2) is 18.3 Å². The van der Waals surface area contributed by atoms with Gasteiger partial charge in [0.25, 0.3) is 0 Å². The summed E-state index contributed by atoms with van der Waals surface area (Å²) in [5, 5.41) is 9.03. The molecule has 100 valence electrons. The SMILES string of the molecule is NC(=O)N1C(=O)[C@H](Cc2ccnc(N)c2)[C@H]1C(=O)O. The van der Waals surface area contributed by atoms with Crippen molar-refractivity contribution in [1.82, 2.24) is 9.88 Å². The van der Waals surface area contributed by atoms with Gasteiger partial charge in [-0.3, -0.25) is 4.79 Å². The first kappa shape index (κ1) is 12.8. The molecule has 1 aliphatic heterocycles. The van der Waals surface area contributed by atoms with E-state index in [0.29, 0.717) is 10.5 Å². The van der Waals surface area contributed by atoms with Gasteiger partial charge in [0.05, 0.1) is 5.92 Å². The molecule has 3 amide bonds. The number of aliphatic carboxylic acids is 1. The van der Waals surface area contributed by atoms with Crippen molar-refractivity contribution in [3.05, 3.63) is 23.9 Å². The number of carboxylic acid groups (broad SMARTS) is 1. The number of carbonyl (C=O) groups excluding carboxylic acids is 2. The van der Waals surface area contributed by atoms with Gasteiger partial charge in [-0.25, -0.2) is 19.5 Å². The second-order valence-electron chi connectivity index (χ2n) is 4.23. The molecule has 8 heteroatoms. The minimum absolute atomic E-state index is 0.173. The number of nitrogens with two attached hydrogens (primary N) is 2. The normalized spacial score (nSPS) is 21.9. The Balaban J connectivity index is 2.19. The monoisotopic (exact) mass is 264 g/mol. The summed E-state index contributed by atoms with van der Waals surface area (Å²) in [6, 6.07) is 0.913. The van der Waals surface area contributed by atoms with E-state index in [9.17, 15) is 14.4 Å². The molecule has 0 aromatic carbocycles. The molecule has 2 rings (SSSR count). The number of hydrogen-bond donors (Lipinski definition) is 3. The van der Waals surface area contributed by atoms with E-state index in [4.69, 9.17) is 16.6 Å². The average molecular weight is 264 g/mol. The van der Waals surface area contributed by atoms with E-state index in [2.05, 4.69) is 4.98 Å². The lowest BCUT2D eigenvalue weighted by Gasteiger charge is -2.41. The number of pyridine rings is 1. The standard InChI is InChI=1S/C11H12N4O4/c12-7-4-5(1-2-14-7)3-6-8(10(17)18)15(9(6)16)11(13)19/h1-2,4,6,8H,3H2,(H2,12,14)(H2,13,19)(H,17,18)/t6-,8+/m1/s1. The summed E-state index contributed by atoms with van der Waals surface area (Å²) in [7, 11) is 0. The number of hydrogen-bond acceptors (Lipinski definition) is 5. The Kier molecular flexibility index (Phi) is 3.07. The largest absolute Gasteiger partial charge is 0.480 e. The van der Waals surface area contributed by atoms with Gasteiger partial charge >= 0.3 is 12.0 Å². The number of β-lactam (4-membered cyclic amide) rings is 1. The highest BCUT2D eigenvalue weighted by Crippen LogP contribution is 2.30. The second kappa shape index (κ2) is 4.56. The molecule has 1 aromatic heterocycles. The van der Waals surface area contributed by atoms with E-state index in [1.807, 2.05) is 0 Å². The summed E-state index contributed by atoms with van der Waals surface area (Å²) >= 11 is 0. The molecular weight excluding hydrogens is 252 g/mol. The number of nitrogens with zero attached hydrogens (tertiary/aromatic N) is 2. The number of aromatic nitrogens is 1. The van der Waals surface area contributed by atoms with Crippen LogP contribution in [0.5, 0.6) is 0 Å². The van der Waals surface area contributed by atoms with E-state index in [1.54, 1.807) is 12.1 Å². The topological polar surface area (TPSA) is 140 Å². The molecule has 1 saturated heterocycles. The Morgan fingerprint density at radius 1 is 1.47 bits per heavy atom. The maximum absolute atomic E-state index is 11.7. The molecule has 8 nitrogen and oxygen atoms in total. The van der Waals surface area contributed by atoms with E-state index in [0.717, 1.165) is 0 Å². The number of rotatable bonds is 3. The van der Waals surface area contributed by atoms with Crippen LogP contribution >= 0.6 is 0 Å². The highest BCUT2D eigenvalue weighted by atomic mass is 16.4. The molecule has 1 aliphatic rings. The predicted octanol–water partition coefficient (Wildman–Crippen LogP) is -0.803. The van der Waals surface area contributed by atoms with E-state index in [1.165, 1.54) is 6.20 Å². The van der Waals surface area contributed by atoms with Crippen LogP contribution in [0.1, 0.15) is 5.56 Å². The van der Waals surface area contributed by atoms with Crippen LogP contribution in [-0.4, -0.2) is 38.9 Å². The molecule has 19 heavy (non-hydrogen) atoms. The second-order valence-corrected chi connectivity index (χ2v) is 4.23. The number of anilines is 1. The van der Waals surface area contributed by atoms with Gasteiger partial charge < -0.3 is 16.6 Å². The summed E-state index contributed by atoms with van der Waals surface area (Å²) in [6.07, 6.45) is 1.64. The summed E-state index contributed by atoms with van der Waals surface area (Å²) in [5.41, 5.74) is 11.2. The number of amides is 3. The zero-order valence-corrected chi connectivity index (χ0v) is 9.81. The van der Waals surface area contributed by atoms with Gasteiger partial charge in [-0.2, -0.15) is 0 Å². The predicted molar refractivity (Wildman–Crippen MR) is 63.7 cm³/mol. The Morgan fingerprint density at radius 3 is 2.68 bits per heavy atom. The number of carboxylic acids is 1. The Bertz CT molecular complexity index is 559. The maximum atomic E-state index is 11.7. The fourth-order valence-corrected chi connectivity index (χ4v) is 2.15. The number of likely N-dealkylation sites (tertiary alicyclic amines) is 1. The zero-order valence-electron chi connectivity index (χ0n) is 9.81. The summed E-state index contributed by atoms with van der Waals surface area (Å²) in [4.78, 5) is 38.1. The lowest BCUT2D eigenvalue weighted by molar-refractivity contribution is -0.165. The van der Waals surface area contributed by atoms with Crippen LogP contribution in [0.25, 0.3) is 0 Å². The Morgan fingerprint density at radius 2 is 2.16 bits per heavy atom. The first-order valence-corrected chi connectivity index (χ1v) is 5.47. The molecule has 2 atom stereocenters. The van der Waals surface area contributed by atoms with Gasteiger partial charge in [0.15, 0.2) is 6.04 Å². The lowest BCUT2D eigenvalue weighted by Crippen LogP contribution is -2.68. The minimum Gasteiger partial charge on any atom is -0.480 e. The van der Waals surface area contributed by atoms with Crippen molar-refractivity contribution < 1.29 is 19.5 Å². The summed E-state index contributed by atoms with van der Waals surface area (Å²) < 4.78 is 0. The first-order valence-electron chi connectivity index (χ1n) is 5.47. The van der Waals surface area contributed by atoms with Crippen molar-refractivity contribution in [1.29, 1.82) is 0 Å². The molecule has 5 N–H and O–H groups in total. The first-order chi connectivity index (χ1) is 8.91. The minimum atomic E-state index is -1.26. The van der Waals surface area contributed by atoms with Crippen LogP contribution in [0, 0.1) is 5.92 Å². The third kappa shape index (κ3) is 2.19. The van der Waals surface area contributed by atoms with Gasteiger partial charge in [-0.1, -0.05) is 0 Å². The third-order valence-corrected chi connectivity index (χ3v) is 3.01. The number of imide groups is 1. The smallest absolute Gasteiger partial charge is 0.327 e. The van der Waals surface area contributed by atoms with Gasteiger partial charge in [0.1, 0.15) is 5.82 Å². The van der Waals surface area contributed by atoms with Crippen LogP contribution in [0.3, 0.4) is 0 Å². The van der Waals surface area contributed by atoms with Crippen molar-refractivity contribution in [3.63, 3.8) is 0 Å². The molecule has 0 bridgehead atoms. The van der Waals surface area contributed by atoms with Crippen molar-refractivity contribution in [2.45, 2.75) is 12.5 Å². The maximum Gasteiger partial charge on any atom is 0.327 e. The molecule has 2 heterocycles. The summed E-state index contributed by atoms with van der Waals surface area (Å²) in [6.45, 7) is 0. The van der Waals surface area contributed by atoms with Gasteiger partial charge in [0, 0.05) is 6.20 Å². The Labute approximate surface area is 108 Å². The molecule has 0 aliphatic carbocycles. The highest BCUT2D eigenvalue weighted by molar-refractivity contribution is 6.07. The molecule has 0 radical (unpaired) electrons. The van der Waals surface area contributed by atoms with Crippen molar-refractivity contribution in [2.24, 2.45) is 11.7 Å². The van der Waals surface area contributed by atoms with Crippen LogP contribution in [0.2, 0.25) is 0 Å². The lowest BCUT2D eigenvalue weighted by atomic mass is 9.83.